The van der Waals surface area contributed by atoms with E-state index in [1.165, 1.54) is 6.92 Å². The van der Waals surface area contributed by atoms with Gasteiger partial charge in [-0.3, -0.25) is 9.59 Å². The quantitative estimate of drug-likeness (QED) is 0.745. The van der Waals surface area contributed by atoms with Crippen LogP contribution in [0.3, 0.4) is 0 Å². The van der Waals surface area contributed by atoms with Gasteiger partial charge in [0.15, 0.2) is 5.12 Å². The average molecular weight is 231 g/mol. The zero-order valence-electron chi connectivity index (χ0n) is 10.4. The monoisotopic (exact) mass is 231 g/mol. The van der Waals surface area contributed by atoms with Crippen LogP contribution in [0.25, 0.3) is 0 Å². The lowest BCUT2D eigenvalue weighted by molar-refractivity contribution is -0.134. The molecule has 0 fully saturated rings. The number of carbonyl (C=O) groups is 2. The van der Waals surface area contributed by atoms with E-state index in [4.69, 9.17) is 0 Å². The van der Waals surface area contributed by atoms with E-state index in [1.807, 2.05) is 32.6 Å². The lowest BCUT2D eigenvalue weighted by Crippen LogP contribution is -2.45. The van der Waals surface area contributed by atoms with Crippen LogP contribution in [0.1, 0.15) is 41.5 Å². The van der Waals surface area contributed by atoms with Crippen molar-refractivity contribution in [3.63, 3.8) is 0 Å². The summed E-state index contributed by atoms with van der Waals surface area (Å²) >= 11 is 1.10. The molecule has 0 aromatic carbocycles. The molecule has 0 radical (unpaired) electrons. The summed E-state index contributed by atoms with van der Waals surface area (Å²) in [6.07, 6.45) is 0. The van der Waals surface area contributed by atoms with E-state index in [0.29, 0.717) is 0 Å². The Hall–Kier alpha value is -0.510. The molecule has 0 aromatic rings. The fraction of sp³-hybridized carbons (Fsp3) is 0.818. The maximum Gasteiger partial charge on any atom is 0.236 e. The highest BCUT2D eigenvalue weighted by Gasteiger charge is 2.26. The Morgan fingerprint density at radius 1 is 1.00 bits per heavy atom. The molecule has 0 N–H and O–H groups in total. The average Bonchev–Trinajstić information content (AvgIpc) is 2.00. The van der Waals surface area contributed by atoms with Gasteiger partial charge in [-0.05, 0) is 34.6 Å². The molecule has 0 bridgehead atoms. The smallest absolute Gasteiger partial charge is 0.236 e. The Kier molecular flexibility index (Phi) is 5.95. The van der Waals surface area contributed by atoms with Crippen LogP contribution in [0.4, 0.5) is 0 Å². The molecular weight excluding hydrogens is 210 g/mol. The molecule has 4 heteroatoms. The first-order chi connectivity index (χ1) is 6.77. The Morgan fingerprint density at radius 2 is 1.40 bits per heavy atom. The highest BCUT2D eigenvalue weighted by molar-refractivity contribution is 8.14. The van der Waals surface area contributed by atoms with Gasteiger partial charge in [-0.2, -0.15) is 0 Å². The summed E-state index contributed by atoms with van der Waals surface area (Å²) < 4.78 is 0. The van der Waals surface area contributed by atoms with Crippen molar-refractivity contribution in [2.24, 2.45) is 0 Å². The molecule has 0 saturated carbocycles. The van der Waals surface area contributed by atoms with Crippen LogP contribution < -0.4 is 0 Å². The Morgan fingerprint density at radius 3 is 1.67 bits per heavy atom. The number of nitrogens with zero attached hydrogens (tertiary/aromatic N) is 1. The second-order valence-corrected chi connectivity index (χ2v) is 5.70. The molecule has 88 valence electrons. The second kappa shape index (κ2) is 6.16. The third-order valence-electron chi connectivity index (χ3n) is 2.06. The van der Waals surface area contributed by atoms with Crippen LogP contribution in [0.15, 0.2) is 0 Å². The molecule has 0 aliphatic rings. The van der Waals surface area contributed by atoms with Gasteiger partial charge in [0, 0.05) is 19.0 Å². The van der Waals surface area contributed by atoms with Crippen molar-refractivity contribution >= 4 is 22.8 Å². The van der Waals surface area contributed by atoms with Gasteiger partial charge < -0.3 is 4.90 Å². The number of hydrogen-bond acceptors (Lipinski definition) is 3. The minimum Gasteiger partial charge on any atom is -0.337 e. The third kappa shape index (κ3) is 4.69. The van der Waals surface area contributed by atoms with Crippen LogP contribution in [-0.2, 0) is 9.59 Å². The first-order valence-electron chi connectivity index (χ1n) is 5.26. The SMILES string of the molecule is CC(=O)S[C@@H](C)C(=O)N(C(C)C)C(C)C. The standard InChI is InChI=1S/C11H21NO2S/c1-7(2)12(8(3)4)11(14)9(5)15-10(6)13/h7-9H,1-6H3/t9-/m0/s1. The van der Waals surface area contributed by atoms with E-state index in [-0.39, 0.29) is 28.4 Å². The molecular formula is C11H21NO2S. The van der Waals surface area contributed by atoms with Crippen molar-refractivity contribution in [3.05, 3.63) is 0 Å². The molecule has 15 heavy (non-hydrogen) atoms. The summed E-state index contributed by atoms with van der Waals surface area (Å²) in [5, 5.41) is -0.296. The number of rotatable bonds is 4. The van der Waals surface area contributed by atoms with Crippen LogP contribution in [0.5, 0.6) is 0 Å². The molecule has 0 spiro atoms. The minimum atomic E-state index is -0.285. The molecule has 0 unspecified atom stereocenters. The van der Waals surface area contributed by atoms with Crippen molar-refractivity contribution in [2.75, 3.05) is 0 Å². The topological polar surface area (TPSA) is 37.4 Å². The fourth-order valence-electron chi connectivity index (χ4n) is 1.61. The molecule has 0 heterocycles. The molecule has 0 saturated heterocycles. The van der Waals surface area contributed by atoms with Gasteiger partial charge in [0.05, 0.1) is 5.25 Å². The highest BCUT2D eigenvalue weighted by Crippen LogP contribution is 2.17. The normalized spacial score (nSPS) is 13.1. The minimum absolute atomic E-state index is 0.0108. The highest BCUT2D eigenvalue weighted by atomic mass is 32.2. The lowest BCUT2D eigenvalue weighted by Gasteiger charge is -2.32. The molecule has 1 atom stereocenters. The zero-order valence-corrected chi connectivity index (χ0v) is 11.2. The van der Waals surface area contributed by atoms with Crippen molar-refractivity contribution < 1.29 is 9.59 Å². The van der Waals surface area contributed by atoms with Gasteiger partial charge in [-0.15, -0.1) is 0 Å². The summed E-state index contributed by atoms with van der Waals surface area (Å²) in [6.45, 7) is 11.2. The van der Waals surface area contributed by atoms with Gasteiger partial charge in [0.2, 0.25) is 5.91 Å². The third-order valence-corrected chi connectivity index (χ3v) is 2.94. The predicted molar refractivity (Wildman–Crippen MR) is 64.9 cm³/mol. The Balaban J connectivity index is 4.57. The number of carbonyl (C=O) groups excluding carboxylic acids is 2. The van der Waals surface area contributed by atoms with Crippen LogP contribution in [0, 0.1) is 0 Å². The van der Waals surface area contributed by atoms with Gasteiger partial charge in [-0.1, -0.05) is 11.8 Å². The van der Waals surface area contributed by atoms with E-state index >= 15 is 0 Å². The summed E-state index contributed by atoms with van der Waals surface area (Å²) in [5.74, 6) is 0.0419. The first kappa shape index (κ1) is 14.5. The summed E-state index contributed by atoms with van der Waals surface area (Å²) in [6, 6.07) is 0.347. The van der Waals surface area contributed by atoms with Crippen LogP contribution in [-0.4, -0.2) is 33.3 Å². The summed E-state index contributed by atoms with van der Waals surface area (Å²) in [4.78, 5) is 24.7. The van der Waals surface area contributed by atoms with Crippen LogP contribution >= 0.6 is 11.8 Å². The Bertz CT molecular complexity index is 231. The van der Waals surface area contributed by atoms with Gasteiger partial charge in [0.25, 0.3) is 0 Å². The number of thioether (sulfide) groups is 1. The lowest BCUT2D eigenvalue weighted by atomic mass is 10.2. The molecule has 0 aromatic heterocycles. The van der Waals surface area contributed by atoms with Crippen molar-refractivity contribution in [1.82, 2.24) is 4.90 Å². The zero-order chi connectivity index (χ0) is 12.2. The molecule has 3 nitrogen and oxygen atoms in total. The van der Waals surface area contributed by atoms with E-state index < -0.39 is 0 Å². The molecule has 0 aliphatic carbocycles. The fourth-order valence-corrected chi connectivity index (χ4v) is 2.33. The van der Waals surface area contributed by atoms with E-state index in [1.54, 1.807) is 6.92 Å². The van der Waals surface area contributed by atoms with Crippen LogP contribution in [0.2, 0.25) is 0 Å². The molecule has 0 aliphatic heterocycles. The van der Waals surface area contributed by atoms with Gasteiger partial charge in [0.1, 0.15) is 0 Å². The van der Waals surface area contributed by atoms with E-state index in [9.17, 15) is 9.59 Å². The summed E-state index contributed by atoms with van der Waals surface area (Å²) in [7, 11) is 0. The number of amides is 1. The maximum absolute atomic E-state index is 12.0. The maximum atomic E-state index is 12.0. The van der Waals surface area contributed by atoms with E-state index in [0.717, 1.165) is 11.8 Å². The summed E-state index contributed by atoms with van der Waals surface area (Å²) in [5.41, 5.74) is 0. The Labute approximate surface area is 96.6 Å². The predicted octanol–water partition coefficient (Wildman–Crippen LogP) is 2.30. The molecule has 1 amide bonds. The van der Waals surface area contributed by atoms with Crippen molar-refractivity contribution in [3.8, 4) is 0 Å². The second-order valence-electron chi connectivity index (χ2n) is 4.18. The molecule has 0 rings (SSSR count). The first-order valence-corrected chi connectivity index (χ1v) is 6.14. The van der Waals surface area contributed by atoms with Crippen molar-refractivity contribution in [1.29, 1.82) is 0 Å². The van der Waals surface area contributed by atoms with Gasteiger partial charge in [-0.25, -0.2) is 0 Å². The van der Waals surface area contributed by atoms with E-state index in [2.05, 4.69) is 0 Å². The van der Waals surface area contributed by atoms with Gasteiger partial charge >= 0.3 is 0 Å². The largest absolute Gasteiger partial charge is 0.337 e. The van der Waals surface area contributed by atoms with Crippen molar-refractivity contribution in [2.45, 2.75) is 58.9 Å². The number of hydrogen-bond donors (Lipinski definition) is 0.